The fraction of sp³-hybridized carbons (Fsp3) is 0.900. The lowest BCUT2D eigenvalue weighted by Crippen LogP contribution is -2.40. The molecular weight excluding hydrogens is 162 g/mol. The first-order valence-corrected chi connectivity index (χ1v) is 5.07. The van der Waals surface area contributed by atoms with Gasteiger partial charge < -0.3 is 5.73 Å². The van der Waals surface area contributed by atoms with E-state index in [0.717, 1.165) is 13.0 Å². The van der Waals surface area contributed by atoms with Crippen molar-refractivity contribution in [3.63, 3.8) is 0 Å². The van der Waals surface area contributed by atoms with E-state index < -0.39 is 0 Å². The lowest BCUT2D eigenvalue weighted by Gasteiger charge is -2.31. The van der Waals surface area contributed by atoms with Gasteiger partial charge in [-0.2, -0.15) is 0 Å². The molecule has 0 aromatic heterocycles. The molecule has 0 fully saturated rings. The summed E-state index contributed by atoms with van der Waals surface area (Å²) in [5.41, 5.74) is 5.34. The SMILES string of the molecule is CCC(C)N(CCC(=N)N)C(C)C. The number of nitrogens with one attached hydrogen (secondary N) is 1. The van der Waals surface area contributed by atoms with Gasteiger partial charge in [-0.3, -0.25) is 10.3 Å². The summed E-state index contributed by atoms with van der Waals surface area (Å²) >= 11 is 0. The quantitative estimate of drug-likeness (QED) is 0.490. The lowest BCUT2D eigenvalue weighted by atomic mass is 10.1. The third kappa shape index (κ3) is 4.88. The monoisotopic (exact) mass is 185 g/mol. The number of amidine groups is 1. The van der Waals surface area contributed by atoms with Crippen molar-refractivity contribution in [2.24, 2.45) is 5.73 Å². The summed E-state index contributed by atoms with van der Waals surface area (Å²) in [6.07, 6.45) is 1.83. The molecule has 0 aliphatic carbocycles. The van der Waals surface area contributed by atoms with E-state index in [1.54, 1.807) is 0 Å². The first-order valence-electron chi connectivity index (χ1n) is 5.07. The van der Waals surface area contributed by atoms with E-state index in [4.69, 9.17) is 11.1 Å². The Hall–Kier alpha value is -0.570. The Morgan fingerprint density at radius 1 is 1.38 bits per heavy atom. The van der Waals surface area contributed by atoms with Crippen molar-refractivity contribution >= 4 is 5.84 Å². The molecule has 1 unspecified atom stereocenters. The Bertz CT molecular complexity index is 154. The second kappa shape index (κ2) is 5.97. The molecule has 13 heavy (non-hydrogen) atoms. The number of nitrogens with zero attached hydrogens (tertiary/aromatic N) is 1. The van der Waals surface area contributed by atoms with Gasteiger partial charge in [-0.25, -0.2) is 0 Å². The zero-order valence-corrected chi connectivity index (χ0v) is 9.30. The fourth-order valence-corrected chi connectivity index (χ4v) is 1.47. The first-order chi connectivity index (χ1) is 5.99. The van der Waals surface area contributed by atoms with Crippen molar-refractivity contribution in [3.8, 4) is 0 Å². The Morgan fingerprint density at radius 3 is 2.23 bits per heavy atom. The molecule has 0 heterocycles. The van der Waals surface area contributed by atoms with E-state index in [2.05, 4.69) is 32.6 Å². The van der Waals surface area contributed by atoms with Gasteiger partial charge in [-0.1, -0.05) is 6.92 Å². The van der Waals surface area contributed by atoms with Crippen LogP contribution in [0.25, 0.3) is 0 Å². The fourth-order valence-electron chi connectivity index (χ4n) is 1.47. The molecule has 0 amide bonds. The maximum Gasteiger partial charge on any atom is 0.0918 e. The summed E-state index contributed by atoms with van der Waals surface area (Å²) in [5.74, 6) is 0.286. The van der Waals surface area contributed by atoms with Crippen molar-refractivity contribution in [2.75, 3.05) is 6.54 Å². The maximum atomic E-state index is 7.18. The molecule has 3 nitrogen and oxygen atoms in total. The van der Waals surface area contributed by atoms with Gasteiger partial charge in [0.2, 0.25) is 0 Å². The predicted octanol–water partition coefficient (Wildman–Crippen LogP) is 1.82. The largest absolute Gasteiger partial charge is 0.388 e. The van der Waals surface area contributed by atoms with Gasteiger partial charge in [0.1, 0.15) is 0 Å². The molecule has 0 aliphatic rings. The highest BCUT2D eigenvalue weighted by Crippen LogP contribution is 2.08. The van der Waals surface area contributed by atoms with E-state index in [0.29, 0.717) is 18.5 Å². The minimum Gasteiger partial charge on any atom is -0.388 e. The number of nitrogens with two attached hydrogens (primary N) is 1. The van der Waals surface area contributed by atoms with Crippen LogP contribution in [0.4, 0.5) is 0 Å². The third-order valence-electron chi connectivity index (χ3n) is 2.46. The molecular formula is C10H23N3. The van der Waals surface area contributed by atoms with Crippen molar-refractivity contribution in [3.05, 3.63) is 0 Å². The average molecular weight is 185 g/mol. The smallest absolute Gasteiger partial charge is 0.0918 e. The molecule has 1 atom stereocenters. The summed E-state index contributed by atoms with van der Waals surface area (Å²) in [4.78, 5) is 2.39. The molecule has 3 N–H and O–H groups in total. The zero-order valence-electron chi connectivity index (χ0n) is 9.30. The van der Waals surface area contributed by atoms with E-state index in [-0.39, 0.29) is 5.84 Å². The summed E-state index contributed by atoms with van der Waals surface area (Å²) < 4.78 is 0. The van der Waals surface area contributed by atoms with Crippen LogP contribution in [0.5, 0.6) is 0 Å². The van der Waals surface area contributed by atoms with Crippen LogP contribution in [-0.4, -0.2) is 29.4 Å². The van der Waals surface area contributed by atoms with Gasteiger partial charge in [0.25, 0.3) is 0 Å². The van der Waals surface area contributed by atoms with Crippen LogP contribution in [0.1, 0.15) is 40.5 Å². The van der Waals surface area contributed by atoms with Crippen LogP contribution in [-0.2, 0) is 0 Å². The zero-order chi connectivity index (χ0) is 10.4. The molecule has 78 valence electrons. The van der Waals surface area contributed by atoms with E-state index in [1.165, 1.54) is 0 Å². The second-order valence-corrected chi connectivity index (χ2v) is 3.86. The molecule has 0 aliphatic heterocycles. The average Bonchev–Trinajstić information content (AvgIpc) is 2.03. The third-order valence-corrected chi connectivity index (χ3v) is 2.46. The summed E-state index contributed by atoms with van der Waals surface area (Å²) in [6.45, 7) is 9.69. The number of rotatable bonds is 6. The van der Waals surface area contributed by atoms with Crippen molar-refractivity contribution in [1.29, 1.82) is 5.41 Å². The van der Waals surface area contributed by atoms with Gasteiger partial charge in [-0.15, -0.1) is 0 Å². The van der Waals surface area contributed by atoms with Crippen LogP contribution < -0.4 is 5.73 Å². The molecule has 0 radical (unpaired) electrons. The predicted molar refractivity (Wildman–Crippen MR) is 58.1 cm³/mol. The van der Waals surface area contributed by atoms with Gasteiger partial charge >= 0.3 is 0 Å². The van der Waals surface area contributed by atoms with E-state index in [1.807, 2.05) is 0 Å². The van der Waals surface area contributed by atoms with Crippen LogP contribution in [0, 0.1) is 5.41 Å². The van der Waals surface area contributed by atoms with Crippen molar-refractivity contribution in [2.45, 2.75) is 52.6 Å². The second-order valence-electron chi connectivity index (χ2n) is 3.86. The Kier molecular flexibility index (Phi) is 5.71. The summed E-state index contributed by atoms with van der Waals surface area (Å²) in [7, 11) is 0. The van der Waals surface area contributed by atoms with Crippen molar-refractivity contribution < 1.29 is 0 Å². The van der Waals surface area contributed by atoms with Crippen molar-refractivity contribution in [1.82, 2.24) is 4.90 Å². The highest BCUT2D eigenvalue weighted by Gasteiger charge is 2.14. The Morgan fingerprint density at radius 2 is 1.92 bits per heavy atom. The maximum absolute atomic E-state index is 7.18. The molecule has 0 aromatic rings. The minimum absolute atomic E-state index is 0.286. The van der Waals surface area contributed by atoms with Gasteiger partial charge in [0, 0.05) is 25.0 Å². The Balaban J connectivity index is 4.02. The van der Waals surface area contributed by atoms with Crippen LogP contribution in [0.2, 0.25) is 0 Å². The normalized spacial score (nSPS) is 13.7. The molecule has 0 saturated heterocycles. The highest BCUT2D eigenvalue weighted by atomic mass is 15.2. The van der Waals surface area contributed by atoms with E-state index >= 15 is 0 Å². The molecule has 0 aromatic carbocycles. The Labute approximate surface area is 81.8 Å². The molecule has 3 heteroatoms. The minimum atomic E-state index is 0.286. The molecule has 0 saturated carbocycles. The number of hydrogen-bond acceptors (Lipinski definition) is 2. The van der Waals surface area contributed by atoms with Crippen LogP contribution >= 0.6 is 0 Å². The topological polar surface area (TPSA) is 53.1 Å². The summed E-state index contributed by atoms with van der Waals surface area (Å²) in [5, 5.41) is 7.18. The molecule has 0 bridgehead atoms. The molecule has 0 spiro atoms. The van der Waals surface area contributed by atoms with Gasteiger partial charge in [0.15, 0.2) is 0 Å². The highest BCUT2D eigenvalue weighted by molar-refractivity contribution is 5.76. The standard InChI is InChI=1S/C10H23N3/c1-5-9(4)13(8(2)3)7-6-10(11)12/h8-9H,5-7H2,1-4H3,(H3,11,12). The van der Waals surface area contributed by atoms with E-state index in [9.17, 15) is 0 Å². The summed E-state index contributed by atoms with van der Waals surface area (Å²) in [6, 6.07) is 1.12. The first kappa shape index (κ1) is 12.4. The van der Waals surface area contributed by atoms with Crippen LogP contribution in [0.15, 0.2) is 0 Å². The van der Waals surface area contributed by atoms with Crippen LogP contribution in [0.3, 0.4) is 0 Å². The lowest BCUT2D eigenvalue weighted by molar-refractivity contribution is 0.165. The number of hydrogen-bond donors (Lipinski definition) is 2. The van der Waals surface area contributed by atoms with Gasteiger partial charge in [0.05, 0.1) is 5.84 Å². The molecule has 0 rings (SSSR count). The van der Waals surface area contributed by atoms with Gasteiger partial charge in [-0.05, 0) is 27.2 Å².